The van der Waals surface area contributed by atoms with E-state index >= 15 is 0 Å². The maximum Gasteiger partial charge on any atom is 0.242 e. The molecule has 1 saturated carbocycles. The Kier molecular flexibility index (Phi) is 11.1. The van der Waals surface area contributed by atoms with Crippen molar-refractivity contribution >= 4 is 50.7 Å². The van der Waals surface area contributed by atoms with E-state index in [4.69, 9.17) is 23.2 Å². The number of rotatable bonds is 11. The monoisotopic (exact) mass is 595 g/mol. The van der Waals surface area contributed by atoms with Crippen LogP contribution < -0.4 is 9.62 Å². The van der Waals surface area contributed by atoms with Gasteiger partial charge >= 0.3 is 0 Å². The first-order valence-corrected chi connectivity index (χ1v) is 16.1. The number of nitrogens with one attached hydrogen (secondary N) is 1. The van der Waals surface area contributed by atoms with Crippen LogP contribution in [0.1, 0.15) is 68.6 Å². The molecule has 2 aromatic rings. The van der Waals surface area contributed by atoms with Crippen LogP contribution in [0.3, 0.4) is 0 Å². The number of hydrogen-bond acceptors (Lipinski definition) is 4. The van der Waals surface area contributed by atoms with E-state index < -0.39 is 16.1 Å². The maximum absolute atomic E-state index is 13.6. The lowest BCUT2D eigenvalue weighted by Crippen LogP contribution is -2.50. The average Bonchev–Trinajstić information content (AvgIpc) is 2.87. The molecule has 0 radical (unpaired) electrons. The second kappa shape index (κ2) is 13.9. The molecule has 1 aliphatic rings. The van der Waals surface area contributed by atoms with Gasteiger partial charge in [-0.05, 0) is 74.9 Å². The van der Waals surface area contributed by atoms with Crippen LogP contribution in [0, 0.1) is 13.8 Å². The van der Waals surface area contributed by atoms with E-state index in [0.29, 0.717) is 27.7 Å². The predicted molar refractivity (Wildman–Crippen MR) is 159 cm³/mol. The quantitative estimate of drug-likeness (QED) is 0.344. The summed E-state index contributed by atoms with van der Waals surface area (Å²) in [6.07, 6.45) is 6.75. The first-order valence-electron chi connectivity index (χ1n) is 13.5. The van der Waals surface area contributed by atoms with Crippen molar-refractivity contribution in [2.75, 3.05) is 17.1 Å². The Labute approximate surface area is 242 Å². The fourth-order valence-electron chi connectivity index (χ4n) is 4.97. The molecular weight excluding hydrogens is 557 g/mol. The molecule has 1 unspecified atom stereocenters. The third-order valence-electron chi connectivity index (χ3n) is 7.47. The average molecular weight is 597 g/mol. The molecule has 1 aliphatic carbocycles. The van der Waals surface area contributed by atoms with Gasteiger partial charge in [0, 0.05) is 35.6 Å². The van der Waals surface area contributed by atoms with Crippen LogP contribution >= 0.6 is 23.2 Å². The second-order valence-electron chi connectivity index (χ2n) is 10.4. The molecule has 1 N–H and O–H groups in total. The maximum atomic E-state index is 13.6. The lowest BCUT2D eigenvalue weighted by atomic mass is 9.95. The van der Waals surface area contributed by atoms with Gasteiger partial charge in [0.15, 0.2) is 0 Å². The van der Waals surface area contributed by atoms with Gasteiger partial charge in [0.2, 0.25) is 21.8 Å². The molecule has 10 heteroatoms. The minimum Gasteiger partial charge on any atom is -0.352 e. The van der Waals surface area contributed by atoms with E-state index in [2.05, 4.69) is 5.32 Å². The van der Waals surface area contributed by atoms with Crippen molar-refractivity contribution in [3.63, 3.8) is 0 Å². The van der Waals surface area contributed by atoms with Crippen molar-refractivity contribution < 1.29 is 18.0 Å². The number of carbonyl (C=O) groups excluding carboxylic acids is 2. The largest absolute Gasteiger partial charge is 0.352 e. The van der Waals surface area contributed by atoms with Crippen molar-refractivity contribution in [2.24, 2.45) is 0 Å². The zero-order valence-electron chi connectivity index (χ0n) is 23.2. The third-order valence-corrected chi connectivity index (χ3v) is 9.24. The Morgan fingerprint density at radius 1 is 1.08 bits per heavy atom. The lowest BCUT2D eigenvalue weighted by Gasteiger charge is -2.32. The van der Waals surface area contributed by atoms with Gasteiger partial charge in [-0.3, -0.25) is 13.9 Å². The van der Waals surface area contributed by atoms with Crippen molar-refractivity contribution in [1.82, 2.24) is 10.2 Å². The number of nitrogens with zero attached hydrogens (tertiary/aromatic N) is 2. The smallest absolute Gasteiger partial charge is 0.242 e. The summed E-state index contributed by atoms with van der Waals surface area (Å²) in [7, 11) is -3.57. The summed E-state index contributed by atoms with van der Waals surface area (Å²) in [6, 6.07) is 9.99. The fraction of sp³-hybridized carbons (Fsp3) is 0.517. The zero-order chi connectivity index (χ0) is 28.7. The summed E-state index contributed by atoms with van der Waals surface area (Å²) in [5, 5.41) is 4.01. The first-order chi connectivity index (χ1) is 18.4. The van der Waals surface area contributed by atoms with Crippen molar-refractivity contribution in [2.45, 2.75) is 84.3 Å². The topological polar surface area (TPSA) is 86.8 Å². The van der Waals surface area contributed by atoms with Crippen molar-refractivity contribution in [3.05, 3.63) is 63.1 Å². The summed E-state index contributed by atoms with van der Waals surface area (Å²) in [6.45, 7) is 5.83. The molecule has 0 bridgehead atoms. The van der Waals surface area contributed by atoms with E-state index in [1.54, 1.807) is 31.2 Å². The molecule has 39 heavy (non-hydrogen) atoms. The van der Waals surface area contributed by atoms with Gasteiger partial charge in [0.1, 0.15) is 6.04 Å². The normalized spacial score (nSPS) is 15.0. The minimum atomic E-state index is -3.57. The molecule has 2 amide bonds. The summed E-state index contributed by atoms with van der Waals surface area (Å²) >= 11 is 12.5. The van der Waals surface area contributed by atoms with Crippen LogP contribution in [0.15, 0.2) is 36.4 Å². The molecular formula is C29H39Cl2N3O4S. The Morgan fingerprint density at radius 3 is 2.41 bits per heavy atom. The molecule has 3 rings (SSSR count). The molecule has 0 heterocycles. The Morgan fingerprint density at radius 2 is 1.77 bits per heavy atom. The van der Waals surface area contributed by atoms with Crippen LogP contribution in [0.4, 0.5) is 5.69 Å². The molecule has 7 nitrogen and oxygen atoms in total. The van der Waals surface area contributed by atoms with E-state index in [1.165, 1.54) is 21.9 Å². The first kappa shape index (κ1) is 31.2. The number of carbonyl (C=O) groups is 2. The van der Waals surface area contributed by atoms with E-state index in [0.717, 1.165) is 36.8 Å². The van der Waals surface area contributed by atoms with E-state index in [1.807, 2.05) is 26.0 Å². The summed E-state index contributed by atoms with van der Waals surface area (Å²) in [4.78, 5) is 28.3. The molecule has 1 fully saturated rings. The number of benzene rings is 2. The van der Waals surface area contributed by atoms with Crippen LogP contribution in [0.5, 0.6) is 0 Å². The molecule has 2 aromatic carbocycles. The third kappa shape index (κ3) is 8.60. The predicted octanol–water partition coefficient (Wildman–Crippen LogP) is 6.02. The van der Waals surface area contributed by atoms with Gasteiger partial charge in [-0.1, -0.05) is 60.7 Å². The number of anilines is 1. The number of amides is 2. The van der Waals surface area contributed by atoms with Crippen molar-refractivity contribution in [3.8, 4) is 0 Å². The SMILES string of the molecule is Cc1cccc(N(CCCC(=O)N(Cc2ccc(Cl)cc2Cl)C(C)C(=O)NC2CCCCC2)S(C)(=O)=O)c1C. The molecule has 0 aromatic heterocycles. The van der Waals surface area contributed by atoms with E-state index in [-0.39, 0.29) is 37.4 Å². The highest BCUT2D eigenvalue weighted by Gasteiger charge is 2.29. The van der Waals surface area contributed by atoms with Crippen LogP contribution in [0.2, 0.25) is 10.0 Å². The number of sulfonamides is 1. The minimum absolute atomic E-state index is 0.0726. The Balaban J connectivity index is 1.77. The summed E-state index contributed by atoms with van der Waals surface area (Å²) in [5.74, 6) is -0.449. The fourth-order valence-corrected chi connectivity index (χ4v) is 6.46. The highest BCUT2D eigenvalue weighted by atomic mass is 35.5. The number of hydrogen-bond donors (Lipinski definition) is 1. The van der Waals surface area contributed by atoms with Crippen LogP contribution in [-0.4, -0.2) is 50.0 Å². The number of aryl methyl sites for hydroxylation is 1. The Hall–Kier alpha value is -2.29. The van der Waals surface area contributed by atoms with E-state index in [9.17, 15) is 18.0 Å². The van der Waals surface area contributed by atoms with Gasteiger partial charge in [-0.2, -0.15) is 0 Å². The standard InChI is InChI=1S/C29H39Cl2N3O4S/c1-20-10-8-13-27(21(20)2)34(39(4,37)38)17-9-14-28(35)33(19-23-15-16-24(30)18-26(23)31)22(3)29(36)32-25-11-6-5-7-12-25/h8,10,13,15-16,18,22,25H,5-7,9,11-12,14,17,19H2,1-4H3,(H,32,36). The second-order valence-corrected chi connectivity index (χ2v) is 13.2. The van der Waals surface area contributed by atoms with Crippen LogP contribution in [-0.2, 0) is 26.2 Å². The van der Waals surface area contributed by atoms with Gasteiger partial charge < -0.3 is 10.2 Å². The van der Waals surface area contributed by atoms with Crippen molar-refractivity contribution in [1.29, 1.82) is 0 Å². The van der Waals surface area contributed by atoms with Crippen LogP contribution in [0.25, 0.3) is 0 Å². The summed E-state index contributed by atoms with van der Waals surface area (Å²) in [5.41, 5.74) is 3.15. The van der Waals surface area contributed by atoms with Gasteiger partial charge in [-0.25, -0.2) is 8.42 Å². The van der Waals surface area contributed by atoms with Gasteiger partial charge in [0.25, 0.3) is 0 Å². The molecule has 1 atom stereocenters. The molecule has 0 spiro atoms. The molecule has 214 valence electrons. The zero-order valence-corrected chi connectivity index (χ0v) is 25.5. The summed E-state index contributed by atoms with van der Waals surface area (Å²) < 4.78 is 26.6. The number of halogens is 2. The Bertz CT molecular complexity index is 1280. The van der Waals surface area contributed by atoms with Gasteiger partial charge in [-0.15, -0.1) is 0 Å². The highest BCUT2D eigenvalue weighted by Crippen LogP contribution is 2.27. The lowest BCUT2D eigenvalue weighted by molar-refractivity contribution is -0.141. The molecule has 0 aliphatic heterocycles. The van der Waals surface area contributed by atoms with Gasteiger partial charge in [0.05, 0.1) is 11.9 Å². The highest BCUT2D eigenvalue weighted by molar-refractivity contribution is 7.92. The molecule has 0 saturated heterocycles.